The summed E-state index contributed by atoms with van der Waals surface area (Å²) in [5.41, 5.74) is -0.0164. The first-order valence-electron chi connectivity index (χ1n) is 4.90. The molecule has 2 amide bonds. The van der Waals surface area contributed by atoms with Crippen molar-refractivity contribution >= 4 is 17.6 Å². The molecule has 1 atom stereocenters. The lowest BCUT2D eigenvalue weighted by Gasteiger charge is -2.18. The molecule has 5 nitrogen and oxygen atoms in total. The third-order valence-electron chi connectivity index (χ3n) is 3.08. The number of hydrogen-bond donors (Lipinski definition) is 2. The molecular weight excluding hydrogens is 208 g/mol. The summed E-state index contributed by atoms with van der Waals surface area (Å²) in [7, 11) is 0. The molecule has 1 aromatic rings. The number of carbonyl (C=O) groups is 3. The largest absolute Gasteiger partial charge is 0.296 e. The normalized spacial score (nSPS) is 27.4. The van der Waals surface area contributed by atoms with Crippen LogP contribution in [0.4, 0.5) is 0 Å². The number of fused-ring (bicyclic) bond motifs is 2. The number of ketones is 1. The molecule has 80 valence electrons. The predicted octanol–water partition coefficient (Wildman–Crippen LogP) is -0.789. The molecule has 1 unspecified atom stereocenters. The van der Waals surface area contributed by atoms with Gasteiger partial charge in [-0.25, -0.2) is 0 Å². The van der Waals surface area contributed by atoms with Crippen LogP contribution in [0.15, 0.2) is 24.3 Å². The third kappa shape index (κ3) is 0.862. The first-order chi connectivity index (χ1) is 7.66. The second kappa shape index (κ2) is 2.76. The molecule has 1 spiro atoms. The van der Waals surface area contributed by atoms with Gasteiger partial charge >= 0.3 is 0 Å². The van der Waals surface area contributed by atoms with E-state index >= 15 is 0 Å². The zero-order chi connectivity index (χ0) is 11.3. The fourth-order valence-corrected chi connectivity index (χ4v) is 2.30. The van der Waals surface area contributed by atoms with Crippen molar-refractivity contribution in [3.8, 4) is 0 Å². The zero-order valence-electron chi connectivity index (χ0n) is 8.24. The topological polar surface area (TPSA) is 75.3 Å². The van der Waals surface area contributed by atoms with Crippen LogP contribution in [-0.4, -0.2) is 17.6 Å². The minimum atomic E-state index is -1.48. The Bertz CT molecular complexity index is 538. The molecule has 0 aliphatic carbocycles. The van der Waals surface area contributed by atoms with Crippen LogP contribution in [0.1, 0.15) is 11.1 Å². The number of amides is 2. The molecule has 1 fully saturated rings. The Morgan fingerprint density at radius 2 is 1.88 bits per heavy atom. The fourth-order valence-electron chi connectivity index (χ4n) is 2.30. The number of imide groups is 1. The molecule has 2 aliphatic rings. The number of carbonyl (C=O) groups excluding carboxylic acids is 3. The second-order valence-corrected chi connectivity index (χ2v) is 3.87. The van der Waals surface area contributed by atoms with E-state index in [0.29, 0.717) is 12.1 Å². The number of nitrogens with one attached hydrogen (secondary N) is 2. The highest BCUT2D eigenvalue weighted by Crippen LogP contribution is 2.34. The van der Waals surface area contributed by atoms with Gasteiger partial charge in [0.1, 0.15) is 0 Å². The zero-order valence-corrected chi connectivity index (χ0v) is 8.24. The quantitative estimate of drug-likeness (QED) is 0.338. The number of Topliss-reactive ketones (excluding diaryl/α,β-unsaturated/α-hetero) is 1. The maximum atomic E-state index is 11.8. The molecule has 2 heterocycles. The molecule has 1 saturated heterocycles. The van der Waals surface area contributed by atoms with Gasteiger partial charge in [0.15, 0.2) is 5.54 Å². The molecule has 0 aromatic heterocycles. The summed E-state index contributed by atoms with van der Waals surface area (Å²) in [6, 6.07) is 7.11. The van der Waals surface area contributed by atoms with Gasteiger partial charge in [-0.3, -0.25) is 25.0 Å². The highest BCUT2D eigenvalue weighted by molar-refractivity contribution is 6.52. The summed E-state index contributed by atoms with van der Waals surface area (Å²) in [4.78, 5) is 34.8. The summed E-state index contributed by atoms with van der Waals surface area (Å²) in [5.74, 6) is -2.14. The monoisotopic (exact) mass is 216 g/mol. The van der Waals surface area contributed by atoms with Crippen molar-refractivity contribution in [2.75, 3.05) is 0 Å². The molecule has 3 rings (SSSR count). The van der Waals surface area contributed by atoms with Crippen LogP contribution in [0.5, 0.6) is 0 Å². The van der Waals surface area contributed by atoms with Gasteiger partial charge in [-0.05, 0) is 11.1 Å². The second-order valence-electron chi connectivity index (χ2n) is 3.87. The predicted molar refractivity (Wildman–Crippen MR) is 53.1 cm³/mol. The van der Waals surface area contributed by atoms with Gasteiger partial charge in [0, 0.05) is 6.54 Å². The molecule has 5 heteroatoms. The first kappa shape index (κ1) is 9.23. The van der Waals surface area contributed by atoms with Crippen LogP contribution < -0.4 is 10.6 Å². The van der Waals surface area contributed by atoms with Crippen molar-refractivity contribution in [2.24, 2.45) is 0 Å². The molecule has 16 heavy (non-hydrogen) atoms. The van der Waals surface area contributed by atoms with Crippen molar-refractivity contribution < 1.29 is 14.4 Å². The lowest BCUT2D eigenvalue weighted by Crippen LogP contribution is -2.48. The molecule has 0 saturated carbocycles. The summed E-state index contributed by atoms with van der Waals surface area (Å²) in [6.45, 7) is 0.419. The van der Waals surface area contributed by atoms with E-state index in [1.165, 1.54) is 0 Å². The van der Waals surface area contributed by atoms with Crippen molar-refractivity contribution in [3.05, 3.63) is 35.4 Å². The lowest BCUT2D eigenvalue weighted by molar-refractivity contribution is -0.138. The summed E-state index contributed by atoms with van der Waals surface area (Å²) in [6.07, 6.45) is 0. The molecule has 1 aromatic carbocycles. The minimum Gasteiger partial charge on any atom is -0.289 e. The molecule has 2 N–H and O–H groups in total. The Kier molecular flexibility index (Phi) is 1.60. The van der Waals surface area contributed by atoms with E-state index < -0.39 is 23.1 Å². The van der Waals surface area contributed by atoms with Gasteiger partial charge in [-0.1, -0.05) is 24.3 Å². The van der Waals surface area contributed by atoms with Crippen molar-refractivity contribution in [1.82, 2.24) is 10.6 Å². The Balaban J connectivity index is 2.25. The Morgan fingerprint density at radius 1 is 1.12 bits per heavy atom. The van der Waals surface area contributed by atoms with E-state index in [0.717, 1.165) is 5.56 Å². The number of hydrogen-bond acceptors (Lipinski definition) is 4. The maximum Gasteiger partial charge on any atom is 0.296 e. The van der Waals surface area contributed by atoms with E-state index in [1.54, 1.807) is 12.1 Å². The van der Waals surface area contributed by atoms with E-state index in [-0.39, 0.29) is 0 Å². The Labute approximate surface area is 90.8 Å². The van der Waals surface area contributed by atoms with E-state index in [2.05, 4.69) is 10.6 Å². The molecule has 2 aliphatic heterocycles. The Morgan fingerprint density at radius 3 is 2.56 bits per heavy atom. The van der Waals surface area contributed by atoms with E-state index in [1.807, 2.05) is 12.1 Å². The summed E-state index contributed by atoms with van der Waals surface area (Å²) in [5, 5.41) is 4.90. The van der Waals surface area contributed by atoms with Gasteiger partial charge < -0.3 is 0 Å². The van der Waals surface area contributed by atoms with Crippen molar-refractivity contribution in [1.29, 1.82) is 0 Å². The van der Waals surface area contributed by atoms with E-state index in [4.69, 9.17) is 0 Å². The number of rotatable bonds is 0. The summed E-state index contributed by atoms with van der Waals surface area (Å²) >= 11 is 0. The standard InChI is InChI=1S/C11H8N2O3/c14-8-9(15)13-10(16)11(8)7-4-2-1-3-6(7)5-12-11/h1-4,12H,5H2,(H,13,15,16). The highest BCUT2D eigenvalue weighted by atomic mass is 16.2. The van der Waals surface area contributed by atoms with Gasteiger partial charge in [0.2, 0.25) is 0 Å². The SMILES string of the molecule is O=C1NC(=O)C2(NCc3ccccc32)C1=O. The van der Waals surface area contributed by atoms with Crippen LogP contribution in [0.3, 0.4) is 0 Å². The van der Waals surface area contributed by atoms with Gasteiger partial charge in [0.05, 0.1) is 0 Å². The van der Waals surface area contributed by atoms with Gasteiger partial charge in [-0.2, -0.15) is 0 Å². The maximum absolute atomic E-state index is 11.8. The van der Waals surface area contributed by atoms with Crippen molar-refractivity contribution in [3.63, 3.8) is 0 Å². The van der Waals surface area contributed by atoms with Gasteiger partial charge in [-0.15, -0.1) is 0 Å². The molecule has 0 bridgehead atoms. The Hall–Kier alpha value is -2.01. The minimum absolute atomic E-state index is 0.419. The van der Waals surface area contributed by atoms with Gasteiger partial charge in [0.25, 0.3) is 17.6 Å². The smallest absolute Gasteiger partial charge is 0.289 e. The van der Waals surface area contributed by atoms with Crippen molar-refractivity contribution in [2.45, 2.75) is 12.1 Å². The number of benzene rings is 1. The molecule has 0 radical (unpaired) electrons. The molecular formula is C11H8N2O3. The van der Waals surface area contributed by atoms with Crippen LogP contribution in [0.25, 0.3) is 0 Å². The van der Waals surface area contributed by atoms with Crippen LogP contribution in [0.2, 0.25) is 0 Å². The third-order valence-corrected chi connectivity index (χ3v) is 3.08. The average molecular weight is 216 g/mol. The lowest BCUT2D eigenvalue weighted by atomic mass is 9.88. The van der Waals surface area contributed by atoms with Crippen LogP contribution in [0, 0.1) is 0 Å². The summed E-state index contributed by atoms with van der Waals surface area (Å²) < 4.78 is 0. The van der Waals surface area contributed by atoms with Crippen LogP contribution in [-0.2, 0) is 26.5 Å². The first-order valence-corrected chi connectivity index (χ1v) is 4.90. The van der Waals surface area contributed by atoms with E-state index in [9.17, 15) is 14.4 Å². The highest BCUT2D eigenvalue weighted by Gasteiger charge is 2.59. The average Bonchev–Trinajstić information content (AvgIpc) is 2.77. The van der Waals surface area contributed by atoms with Crippen LogP contribution >= 0.6 is 0 Å². The fraction of sp³-hybridized carbons (Fsp3) is 0.182.